The molecule has 0 radical (unpaired) electrons. The first-order valence-corrected chi connectivity index (χ1v) is 14.5. The van der Waals surface area contributed by atoms with Gasteiger partial charge < -0.3 is 19.7 Å². The van der Waals surface area contributed by atoms with Crippen LogP contribution in [0.5, 0.6) is 11.5 Å². The zero-order valence-corrected chi connectivity index (χ0v) is 22.3. The van der Waals surface area contributed by atoms with Gasteiger partial charge in [-0.1, -0.05) is 42.5 Å². The Labute approximate surface area is 228 Å². The Morgan fingerprint density at radius 2 is 1.62 bits per heavy atom. The van der Waals surface area contributed by atoms with Crippen LogP contribution < -0.4 is 19.7 Å². The minimum atomic E-state index is -3.52. The quantitative estimate of drug-likeness (QED) is 0.440. The molecular weight excluding hydrogens is 518 g/mol. The van der Waals surface area contributed by atoms with Gasteiger partial charge >= 0.3 is 0 Å². The summed E-state index contributed by atoms with van der Waals surface area (Å²) in [5.41, 5.74) is 1.68. The van der Waals surface area contributed by atoms with Gasteiger partial charge in [-0.2, -0.15) is 4.31 Å². The first-order valence-electron chi connectivity index (χ1n) is 13.0. The summed E-state index contributed by atoms with van der Waals surface area (Å²) < 4.78 is 38.6. The zero-order chi connectivity index (χ0) is 27.2. The largest absolute Gasteiger partial charge is 0.484 e. The SMILES string of the molecule is O=C(NCCc1ccccc1)[C@@H]1CN(C(=O)COc2ccc(S(=O)(=O)N3CCCC3)cc2)c2ccccc2O1. The van der Waals surface area contributed by atoms with Crippen molar-refractivity contribution in [1.29, 1.82) is 0 Å². The monoisotopic (exact) mass is 549 g/mol. The fraction of sp³-hybridized carbons (Fsp3) is 0.310. The number of carbonyl (C=O) groups excluding carboxylic acids is 2. The zero-order valence-electron chi connectivity index (χ0n) is 21.5. The molecule has 0 unspecified atom stereocenters. The second-order valence-corrected chi connectivity index (χ2v) is 11.4. The smallest absolute Gasteiger partial charge is 0.265 e. The van der Waals surface area contributed by atoms with Crippen LogP contribution in [0.25, 0.3) is 0 Å². The van der Waals surface area contributed by atoms with E-state index in [0.29, 0.717) is 43.2 Å². The average molecular weight is 550 g/mol. The van der Waals surface area contributed by atoms with Crippen LogP contribution in [0.2, 0.25) is 0 Å². The molecular formula is C29H31N3O6S. The van der Waals surface area contributed by atoms with Crippen molar-refractivity contribution in [1.82, 2.24) is 9.62 Å². The Kier molecular flexibility index (Phi) is 8.13. The number of nitrogens with one attached hydrogen (secondary N) is 1. The average Bonchev–Trinajstić information content (AvgIpc) is 3.52. The van der Waals surface area contributed by atoms with Crippen LogP contribution in [0, 0.1) is 0 Å². The van der Waals surface area contributed by atoms with Crippen molar-refractivity contribution in [2.75, 3.05) is 37.7 Å². The second-order valence-electron chi connectivity index (χ2n) is 9.48. The maximum atomic E-state index is 13.2. The lowest BCUT2D eigenvalue weighted by molar-refractivity contribution is -0.128. The number of anilines is 1. The molecule has 204 valence electrons. The predicted molar refractivity (Wildman–Crippen MR) is 146 cm³/mol. The van der Waals surface area contributed by atoms with Crippen LogP contribution in [0.4, 0.5) is 5.69 Å². The first kappa shape index (κ1) is 26.7. The van der Waals surface area contributed by atoms with Gasteiger partial charge in [0.05, 0.1) is 17.1 Å². The molecule has 2 aliphatic heterocycles. The number of nitrogens with zero attached hydrogens (tertiary/aromatic N) is 2. The van der Waals surface area contributed by atoms with Crippen molar-refractivity contribution in [3.63, 3.8) is 0 Å². The number of fused-ring (bicyclic) bond motifs is 1. The highest BCUT2D eigenvalue weighted by Gasteiger charge is 2.34. The van der Waals surface area contributed by atoms with Crippen molar-refractivity contribution in [3.05, 3.63) is 84.4 Å². The fourth-order valence-electron chi connectivity index (χ4n) is 4.70. The van der Waals surface area contributed by atoms with E-state index in [1.54, 1.807) is 36.4 Å². The van der Waals surface area contributed by atoms with Gasteiger partial charge in [0.15, 0.2) is 12.7 Å². The minimum Gasteiger partial charge on any atom is -0.484 e. The Balaban J connectivity index is 1.20. The molecule has 1 fully saturated rings. The summed E-state index contributed by atoms with van der Waals surface area (Å²) in [6.07, 6.45) is 1.55. The van der Waals surface area contributed by atoms with E-state index in [4.69, 9.17) is 9.47 Å². The van der Waals surface area contributed by atoms with E-state index >= 15 is 0 Å². The summed E-state index contributed by atoms with van der Waals surface area (Å²) in [7, 11) is -3.52. The number of amides is 2. The van der Waals surface area contributed by atoms with Gasteiger partial charge in [-0.15, -0.1) is 0 Å². The number of para-hydroxylation sites is 2. The number of carbonyl (C=O) groups is 2. The highest BCUT2D eigenvalue weighted by Crippen LogP contribution is 2.33. The Morgan fingerprint density at radius 3 is 2.36 bits per heavy atom. The number of sulfonamides is 1. The number of rotatable bonds is 9. The number of hydrogen-bond acceptors (Lipinski definition) is 6. The van der Waals surface area contributed by atoms with Crippen molar-refractivity contribution in [2.24, 2.45) is 0 Å². The molecule has 2 amide bonds. The van der Waals surface area contributed by atoms with Crippen LogP contribution in [0.3, 0.4) is 0 Å². The number of hydrogen-bond donors (Lipinski definition) is 1. The van der Waals surface area contributed by atoms with Gasteiger partial charge in [0.25, 0.3) is 11.8 Å². The first-order chi connectivity index (χ1) is 18.9. The van der Waals surface area contributed by atoms with E-state index in [0.717, 1.165) is 18.4 Å². The fourth-order valence-corrected chi connectivity index (χ4v) is 6.22. The third-order valence-electron chi connectivity index (χ3n) is 6.81. The minimum absolute atomic E-state index is 0.0450. The molecule has 0 spiro atoms. The summed E-state index contributed by atoms with van der Waals surface area (Å²) in [5.74, 6) is 0.174. The molecule has 1 saturated heterocycles. The lowest BCUT2D eigenvalue weighted by Gasteiger charge is -2.34. The van der Waals surface area contributed by atoms with Gasteiger partial charge in [-0.25, -0.2) is 8.42 Å². The second kappa shape index (κ2) is 11.9. The molecule has 0 aromatic heterocycles. The number of benzene rings is 3. The predicted octanol–water partition coefficient (Wildman–Crippen LogP) is 3.00. The molecule has 39 heavy (non-hydrogen) atoms. The lowest BCUT2D eigenvalue weighted by Crippen LogP contribution is -2.52. The lowest BCUT2D eigenvalue weighted by atomic mass is 10.1. The third kappa shape index (κ3) is 6.23. The maximum Gasteiger partial charge on any atom is 0.265 e. The Hall–Kier alpha value is -3.89. The molecule has 0 saturated carbocycles. The molecule has 2 heterocycles. The molecule has 10 heteroatoms. The van der Waals surface area contributed by atoms with Gasteiger partial charge in [0, 0.05) is 19.6 Å². The van der Waals surface area contributed by atoms with E-state index < -0.39 is 16.1 Å². The summed E-state index contributed by atoms with van der Waals surface area (Å²) >= 11 is 0. The molecule has 1 atom stereocenters. The topological polar surface area (TPSA) is 105 Å². The van der Waals surface area contributed by atoms with Crippen molar-refractivity contribution in [3.8, 4) is 11.5 Å². The van der Waals surface area contributed by atoms with Gasteiger partial charge in [0.2, 0.25) is 10.0 Å². The normalized spacial score (nSPS) is 17.2. The van der Waals surface area contributed by atoms with Crippen LogP contribution in [-0.4, -0.2) is 63.4 Å². The van der Waals surface area contributed by atoms with Gasteiger partial charge in [-0.3, -0.25) is 9.59 Å². The Bertz CT molecular complexity index is 1410. The summed E-state index contributed by atoms with van der Waals surface area (Å²) in [6, 6.07) is 23.0. The van der Waals surface area contributed by atoms with Gasteiger partial charge in [0.1, 0.15) is 11.5 Å². The van der Waals surface area contributed by atoms with E-state index in [9.17, 15) is 18.0 Å². The maximum absolute atomic E-state index is 13.2. The van der Waals surface area contributed by atoms with Crippen molar-refractivity contribution < 1.29 is 27.5 Å². The van der Waals surface area contributed by atoms with Crippen LogP contribution in [-0.2, 0) is 26.0 Å². The molecule has 0 aliphatic carbocycles. The van der Waals surface area contributed by atoms with E-state index in [-0.39, 0.29) is 29.9 Å². The van der Waals surface area contributed by atoms with Crippen LogP contribution >= 0.6 is 0 Å². The van der Waals surface area contributed by atoms with Crippen LogP contribution in [0.15, 0.2) is 83.8 Å². The molecule has 0 bridgehead atoms. The van der Waals surface area contributed by atoms with E-state index in [1.165, 1.54) is 21.3 Å². The summed E-state index contributed by atoms with van der Waals surface area (Å²) in [6.45, 7) is 1.27. The summed E-state index contributed by atoms with van der Waals surface area (Å²) in [4.78, 5) is 27.8. The molecule has 9 nitrogen and oxygen atoms in total. The van der Waals surface area contributed by atoms with Gasteiger partial charge in [-0.05, 0) is 61.2 Å². The van der Waals surface area contributed by atoms with Crippen LogP contribution in [0.1, 0.15) is 18.4 Å². The Morgan fingerprint density at radius 1 is 0.923 bits per heavy atom. The van der Waals surface area contributed by atoms with E-state index in [1.807, 2.05) is 30.3 Å². The van der Waals surface area contributed by atoms with Crippen molar-refractivity contribution in [2.45, 2.75) is 30.3 Å². The van der Waals surface area contributed by atoms with Crippen molar-refractivity contribution >= 4 is 27.5 Å². The standard InChI is InChI=1S/C29H31N3O6S/c33-28(21-37-23-12-14-24(15-13-23)39(35,36)31-18-6-7-19-31)32-20-27(38-26-11-5-4-10-25(26)32)29(34)30-17-16-22-8-2-1-3-9-22/h1-5,8-15,27H,6-7,16-21H2,(H,30,34)/t27-/m0/s1. The molecule has 1 N–H and O–H groups in total. The third-order valence-corrected chi connectivity index (χ3v) is 8.72. The summed E-state index contributed by atoms with van der Waals surface area (Å²) in [5, 5.41) is 2.90. The highest BCUT2D eigenvalue weighted by molar-refractivity contribution is 7.89. The number of ether oxygens (including phenoxy) is 2. The molecule has 2 aliphatic rings. The molecule has 3 aromatic rings. The highest BCUT2D eigenvalue weighted by atomic mass is 32.2. The molecule has 5 rings (SSSR count). The molecule has 3 aromatic carbocycles. The van der Waals surface area contributed by atoms with E-state index in [2.05, 4.69) is 5.32 Å².